The Morgan fingerprint density at radius 3 is 2.63 bits per heavy atom. The van der Waals surface area contributed by atoms with E-state index in [2.05, 4.69) is 15.0 Å². The highest BCUT2D eigenvalue weighted by molar-refractivity contribution is 6.20. The van der Waals surface area contributed by atoms with E-state index in [-0.39, 0.29) is 16.9 Å². The molecule has 1 aliphatic heterocycles. The van der Waals surface area contributed by atoms with Crippen LogP contribution in [0.4, 0.5) is 24.7 Å². The van der Waals surface area contributed by atoms with E-state index in [1.54, 1.807) is 0 Å². The van der Waals surface area contributed by atoms with Gasteiger partial charge in [0.05, 0.1) is 23.3 Å². The monoisotopic (exact) mass is 502 g/mol. The predicted octanol–water partition coefficient (Wildman–Crippen LogP) is 4.75. The summed E-state index contributed by atoms with van der Waals surface area (Å²) >= 11 is 4.74. The number of carbonyl (C=O) groups excluding carboxylic acids is 1. The third kappa shape index (κ3) is 6.01. The summed E-state index contributed by atoms with van der Waals surface area (Å²) in [5.74, 6) is -0.925. The number of hydrogen-bond donors (Lipinski definition) is 2. The first-order valence-electron chi connectivity index (χ1n) is 10.4. The number of aliphatic hydroxyl groups is 1. The molecule has 7 nitrogen and oxygen atoms in total. The van der Waals surface area contributed by atoms with Gasteiger partial charge in [0.2, 0.25) is 0 Å². The molecule has 1 amide bonds. The van der Waals surface area contributed by atoms with E-state index in [1.165, 1.54) is 48.7 Å². The number of rotatable bonds is 6. The molecule has 1 saturated heterocycles. The molecule has 0 radical (unpaired) electrons. The minimum atomic E-state index is -3.86. The Balaban J connectivity index is 1.65. The molecule has 1 aromatic heterocycles. The molecule has 2 aromatic carbocycles. The summed E-state index contributed by atoms with van der Waals surface area (Å²) in [5.41, 5.74) is -2.56. The Bertz CT molecular complexity index is 1290. The van der Waals surface area contributed by atoms with Crippen LogP contribution in [0.2, 0.25) is 0 Å². The SMILES string of the molecule is N#Cc1cc(F)cc(-c2cc(C(=O)Nc3ccc(OC(F)(F)Cl)cc3)cnc2N2CC[C@@H](O)C2)c1. The molecule has 11 heteroatoms. The van der Waals surface area contributed by atoms with E-state index in [4.69, 9.17) is 11.6 Å². The van der Waals surface area contributed by atoms with Gasteiger partial charge < -0.3 is 20.1 Å². The number of halogens is 4. The normalized spacial score (nSPS) is 15.5. The van der Waals surface area contributed by atoms with Gasteiger partial charge in [-0.25, -0.2) is 9.37 Å². The molecular formula is C24H18ClF3N4O3. The number of nitrogens with zero attached hydrogens (tertiary/aromatic N) is 3. The molecule has 0 bridgehead atoms. The van der Waals surface area contributed by atoms with Crippen molar-refractivity contribution in [3.8, 4) is 22.9 Å². The predicted molar refractivity (Wildman–Crippen MR) is 123 cm³/mol. The first-order chi connectivity index (χ1) is 16.6. The van der Waals surface area contributed by atoms with Crippen molar-refractivity contribution in [2.75, 3.05) is 23.3 Å². The summed E-state index contributed by atoms with van der Waals surface area (Å²) in [6.45, 7) is 0.838. The lowest BCUT2D eigenvalue weighted by Crippen LogP contribution is -2.23. The molecule has 180 valence electrons. The summed E-state index contributed by atoms with van der Waals surface area (Å²) in [4.78, 5) is 19.1. The Labute approximate surface area is 203 Å². The minimum absolute atomic E-state index is 0.104. The van der Waals surface area contributed by atoms with Crippen LogP contribution >= 0.6 is 11.6 Å². The van der Waals surface area contributed by atoms with Gasteiger partial charge in [-0.15, -0.1) is 8.78 Å². The average Bonchev–Trinajstić information content (AvgIpc) is 3.24. The quantitative estimate of drug-likeness (QED) is 0.472. The molecule has 0 spiro atoms. The molecule has 3 aromatic rings. The van der Waals surface area contributed by atoms with Crippen LogP contribution in [0.3, 0.4) is 0 Å². The number of amides is 1. The number of nitrogens with one attached hydrogen (secondary N) is 1. The molecule has 2 N–H and O–H groups in total. The fourth-order valence-corrected chi connectivity index (χ4v) is 3.82. The minimum Gasteiger partial charge on any atom is -0.420 e. The maximum atomic E-state index is 14.2. The summed E-state index contributed by atoms with van der Waals surface area (Å²) in [7, 11) is 0. The topological polar surface area (TPSA) is 98.5 Å². The molecule has 0 saturated carbocycles. The molecule has 4 rings (SSSR count). The van der Waals surface area contributed by atoms with Crippen LogP contribution in [0.15, 0.2) is 54.7 Å². The van der Waals surface area contributed by atoms with Gasteiger partial charge in [0.15, 0.2) is 0 Å². The van der Waals surface area contributed by atoms with Crippen LogP contribution in [0.5, 0.6) is 5.75 Å². The number of alkyl halides is 3. The maximum Gasteiger partial charge on any atom is 0.487 e. The van der Waals surface area contributed by atoms with Gasteiger partial charge in [-0.3, -0.25) is 4.79 Å². The van der Waals surface area contributed by atoms with Crippen LogP contribution in [-0.4, -0.2) is 40.8 Å². The van der Waals surface area contributed by atoms with Crippen LogP contribution in [0.1, 0.15) is 22.3 Å². The highest BCUT2D eigenvalue weighted by Crippen LogP contribution is 2.33. The fraction of sp³-hybridized carbons (Fsp3) is 0.208. The number of β-amino-alcohol motifs (C(OH)–C–C–N with tert-alkyl or cyclic N) is 1. The van der Waals surface area contributed by atoms with Crippen LogP contribution in [0.25, 0.3) is 11.1 Å². The summed E-state index contributed by atoms with van der Waals surface area (Å²) < 4.78 is 44.0. The second-order valence-corrected chi connectivity index (χ2v) is 8.29. The largest absolute Gasteiger partial charge is 0.487 e. The van der Waals surface area contributed by atoms with E-state index in [1.807, 2.05) is 11.0 Å². The standard InChI is InChI=1S/C24H18ClF3N4O3/c25-24(27,28)35-20-3-1-18(2-4-20)31-23(34)16-10-21(15-7-14(11-29)8-17(26)9-15)22(30-12-16)32-6-5-19(33)13-32/h1-4,7-10,12,19,33H,5-6,13H2,(H,31,34)/t19-/m1/s1. The van der Waals surface area contributed by atoms with E-state index in [0.29, 0.717) is 42.1 Å². The number of hydrogen-bond acceptors (Lipinski definition) is 6. The van der Waals surface area contributed by atoms with Crippen LogP contribution in [0, 0.1) is 17.1 Å². The third-order valence-electron chi connectivity index (χ3n) is 5.28. The van der Waals surface area contributed by atoms with E-state index < -0.39 is 23.4 Å². The van der Waals surface area contributed by atoms with Crippen molar-refractivity contribution in [3.05, 3.63) is 71.7 Å². The molecule has 35 heavy (non-hydrogen) atoms. The van der Waals surface area contributed by atoms with E-state index >= 15 is 0 Å². The number of ether oxygens (including phenoxy) is 1. The second-order valence-electron chi connectivity index (χ2n) is 7.85. The summed E-state index contributed by atoms with van der Waals surface area (Å²) in [6.07, 6.45) is 1.33. The zero-order chi connectivity index (χ0) is 25.2. The highest BCUT2D eigenvalue weighted by atomic mass is 35.5. The number of benzene rings is 2. The molecule has 0 unspecified atom stereocenters. The van der Waals surface area contributed by atoms with Gasteiger partial charge in [-0.05, 0) is 60.5 Å². The molecule has 1 atom stereocenters. The van der Waals surface area contributed by atoms with Crippen molar-refractivity contribution in [1.29, 1.82) is 5.26 Å². The van der Waals surface area contributed by atoms with E-state index in [9.17, 15) is 28.3 Å². The lowest BCUT2D eigenvalue weighted by Gasteiger charge is -2.21. The van der Waals surface area contributed by atoms with E-state index in [0.717, 1.165) is 6.07 Å². The Morgan fingerprint density at radius 1 is 1.26 bits per heavy atom. The number of anilines is 2. The lowest BCUT2D eigenvalue weighted by molar-refractivity contribution is -0.0964. The zero-order valence-corrected chi connectivity index (χ0v) is 18.8. The molecular weight excluding hydrogens is 485 g/mol. The number of aromatic nitrogens is 1. The molecule has 1 aliphatic rings. The Morgan fingerprint density at radius 2 is 2.00 bits per heavy atom. The Hall–Kier alpha value is -3.81. The molecule has 0 aliphatic carbocycles. The van der Waals surface area contributed by atoms with Crippen LogP contribution in [-0.2, 0) is 0 Å². The van der Waals surface area contributed by atoms with Crippen LogP contribution < -0.4 is 15.0 Å². The maximum absolute atomic E-state index is 14.2. The Kier molecular flexibility index (Phi) is 6.82. The first-order valence-corrected chi connectivity index (χ1v) is 10.8. The molecule has 2 heterocycles. The van der Waals surface area contributed by atoms with Crippen molar-refractivity contribution < 1.29 is 27.8 Å². The summed E-state index contributed by atoms with van der Waals surface area (Å²) in [5, 5.41) is 21.8. The zero-order valence-electron chi connectivity index (χ0n) is 18.0. The number of nitriles is 1. The number of aliphatic hydroxyl groups excluding tert-OH is 1. The van der Waals surface area contributed by atoms with Crippen molar-refractivity contribution in [2.24, 2.45) is 0 Å². The van der Waals surface area contributed by atoms with Gasteiger partial charge in [0.25, 0.3) is 5.91 Å². The first kappa shape index (κ1) is 24.3. The number of pyridine rings is 1. The van der Waals surface area contributed by atoms with Crippen molar-refractivity contribution in [3.63, 3.8) is 0 Å². The van der Waals surface area contributed by atoms with Crippen molar-refractivity contribution in [2.45, 2.75) is 18.1 Å². The van der Waals surface area contributed by atoms with Gasteiger partial charge >= 0.3 is 5.57 Å². The molecule has 1 fully saturated rings. The summed E-state index contributed by atoms with van der Waals surface area (Å²) in [6, 6.07) is 12.4. The van der Waals surface area contributed by atoms with Gasteiger partial charge in [0, 0.05) is 42.1 Å². The highest BCUT2D eigenvalue weighted by Gasteiger charge is 2.28. The fourth-order valence-electron chi connectivity index (χ4n) is 3.73. The average molecular weight is 503 g/mol. The number of carbonyl (C=O) groups is 1. The second kappa shape index (κ2) is 9.82. The van der Waals surface area contributed by atoms with Gasteiger partial charge in [-0.1, -0.05) is 0 Å². The van der Waals surface area contributed by atoms with Gasteiger partial charge in [0.1, 0.15) is 17.4 Å². The smallest absolute Gasteiger partial charge is 0.420 e. The van der Waals surface area contributed by atoms with Crippen molar-refractivity contribution >= 4 is 29.0 Å². The van der Waals surface area contributed by atoms with Gasteiger partial charge in [-0.2, -0.15) is 5.26 Å². The lowest BCUT2D eigenvalue weighted by atomic mass is 10.0. The third-order valence-corrected chi connectivity index (χ3v) is 5.35. The van der Waals surface area contributed by atoms with Crippen molar-refractivity contribution in [1.82, 2.24) is 4.98 Å².